The zero-order valence-electron chi connectivity index (χ0n) is 19.9. The second-order valence-electron chi connectivity index (χ2n) is 8.79. The molecule has 1 fully saturated rings. The molecule has 2 aromatic rings. The van der Waals surface area contributed by atoms with E-state index in [1.807, 2.05) is 0 Å². The fourth-order valence-corrected chi connectivity index (χ4v) is 4.24. The summed E-state index contributed by atoms with van der Waals surface area (Å²) in [5, 5.41) is 33.6. The highest BCUT2D eigenvalue weighted by molar-refractivity contribution is 6.43. The van der Waals surface area contributed by atoms with Crippen molar-refractivity contribution in [1.82, 2.24) is 15.5 Å². The number of alkyl halides is 3. The van der Waals surface area contributed by atoms with Gasteiger partial charge in [-0.15, -0.1) is 0 Å². The number of benzene rings is 1. The Morgan fingerprint density at radius 2 is 2.08 bits per heavy atom. The van der Waals surface area contributed by atoms with Crippen LogP contribution in [0.3, 0.4) is 0 Å². The minimum Gasteiger partial charge on any atom is -0.464 e. The molecule has 10 nitrogen and oxygen atoms in total. The van der Waals surface area contributed by atoms with Gasteiger partial charge in [-0.1, -0.05) is 18.2 Å². The number of furan rings is 1. The number of nitriles is 1. The first-order valence-corrected chi connectivity index (χ1v) is 11.7. The van der Waals surface area contributed by atoms with Gasteiger partial charge in [0.2, 0.25) is 11.8 Å². The van der Waals surface area contributed by atoms with Gasteiger partial charge in [0, 0.05) is 11.9 Å². The van der Waals surface area contributed by atoms with Crippen molar-refractivity contribution in [2.75, 3.05) is 26.3 Å². The molecule has 1 aromatic carbocycles. The lowest BCUT2D eigenvalue weighted by Crippen LogP contribution is -2.56. The van der Waals surface area contributed by atoms with Crippen molar-refractivity contribution in [3.8, 4) is 6.07 Å². The van der Waals surface area contributed by atoms with E-state index in [1.54, 1.807) is 30.3 Å². The molecule has 1 aromatic heterocycles. The summed E-state index contributed by atoms with van der Waals surface area (Å²) in [6, 6.07) is 6.97. The van der Waals surface area contributed by atoms with Crippen LogP contribution in [0.1, 0.15) is 24.8 Å². The first-order chi connectivity index (χ1) is 17.6. The zero-order chi connectivity index (χ0) is 27.0. The summed E-state index contributed by atoms with van der Waals surface area (Å²) in [6.45, 7) is -1.50. The fourth-order valence-electron chi connectivity index (χ4n) is 4.24. The van der Waals surface area contributed by atoms with Crippen LogP contribution in [0, 0.1) is 11.3 Å². The Kier molecular flexibility index (Phi) is 9.93. The first kappa shape index (κ1) is 28.5. The Bertz CT molecular complexity index is 1110. The molecule has 4 N–H and O–H groups in total. The molecule has 1 aliphatic heterocycles. The van der Waals surface area contributed by atoms with Gasteiger partial charge in [-0.25, -0.2) is 0 Å². The van der Waals surface area contributed by atoms with Gasteiger partial charge in [0.1, 0.15) is 18.0 Å². The Morgan fingerprint density at radius 1 is 1.32 bits per heavy atom. The molecule has 3 rings (SSSR count). The number of hydrogen-bond acceptors (Lipinski definition) is 8. The highest BCUT2D eigenvalue weighted by Gasteiger charge is 2.34. The smallest absolute Gasteiger partial charge is 0.464 e. The number of para-hydroxylation sites is 1. The number of ether oxygens (including phenoxy) is 1. The fraction of sp³-hybridized carbons (Fsp3) is 0.522. The van der Waals surface area contributed by atoms with Crippen molar-refractivity contribution in [1.29, 1.82) is 5.26 Å². The van der Waals surface area contributed by atoms with Gasteiger partial charge in [0.05, 0.1) is 44.1 Å². The van der Waals surface area contributed by atoms with Gasteiger partial charge in [0.15, 0.2) is 0 Å². The maximum atomic E-state index is 12.9. The van der Waals surface area contributed by atoms with Crippen LogP contribution in [-0.4, -0.2) is 84.4 Å². The van der Waals surface area contributed by atoms with Gasteiger partial charge in [-0.05, 0) is 30.9 Å². The van der Waals surface area contributed by atoms with Crippen molar-refractivity contribution in [2.45, 2.75) is 49.9 Å². The molecular formula is C23H28BF3N4O6. The largest absolute Gasteiger partial charge is 0.475 e. The van der Waals surface area contributed by atoms with Crippen LogP contribution in [0.2, 0.25) is 0 Å². The van der Waals surface area contributed by atoms with Crippen LogP contribution in [0.25, 0.3) is 11.0 Å². The monoisotopic (exact) mass is 524 g/mol. The molecule has 1 saturated heterocycles. The van der Waals surface area contributed by atoms with E-state index in [9.17, 15) is 32.8 Å². The molecule has 2 amide bonds. The molecule has 0 radical (unpaired) electrons. The second kappa shape index (κ2) is 12.9. The van der Waals surface area contributed by atoms with E-state index in [0.717, 1.165) is 0 Å². The molecule has 37 heavy (non-hydrogen) atoms. The van der Waals surface area contributed by atoms with Crippen LogP contribution < -0.4 is 10.6 Å². The van der Waals surface area contributed by atoms with Gasteiger partial charge in [0.25, 0.3) is 0 Å². The summed E-state index contributed by atoms with van der Waals surface area (Å²) in [4.78, 5) is 26.4. The van der Waals surface area contributed by atoms with E-state index in [1.165, 1.54) is 11.2 Å². The average molecular weight is 524 g/mol. The van der Waals surface area contributed by atoms with Gasteiger partial charge < -0.3 is 29.4 Å². The van der Waals surface area contributed by atoms with E-state index in [4.69, 9.17) is 14.4 Å². The number of halogens is 3. The number of hydrogen-bond donors (Lipinski definition) is 4. The van der Waals surface area contributed by atoms with Crippen LogP contribution in [0.5, 0.6) is 0 Å². The third kappa shape index (κ3) is 8.19. The van der Waals surface area contributed by atoms with Gasteiger partial charge in [-0.2, -0.15) is 18.4 Å². The molecule has 3 atom stereocenters. The Labute approximate surface area is 211 Å². The average Bonchev–Trinajstić information content (AvgIpc) is 3.47. The maximum Gasteiger partial charge on any atom is 0.475 e. The standard InChI is InChI=1S/C23H28BF3N4O6/c25-23(26,27)14-29-18(13-36-12-16-4-3-9-31(16)21(32)7-8-28)22(33)30-20(24(34)35)10-15-11-37-19-6-2-1-5-17(15)19/h1-2,5-6,11,16,18,20,29,34-35H,3-4,7,9-10,12-14H2,(H,30,33)/t16-,18+,20+/m1/s1. The number of rotatable bonds is 12. The van der Waals surface area contributed by atoms with Crippen molar-refractivity contribution in [2.24, 2.45) is 0 Å². The SMILES string of the molecule is N#CCC(=O)N1CCC[C@@H]1COC[C@H](NCC(F)(F)F)C(=O)N[C@@H](Cc1coc2ccccc12)B(O)O. The zero-order valence-corrected chi connectivity index (χ0v) is 19.9. The van der Waals surface area contributed by atoms with Crippen LogP contribution in [-0.2, 0) is 20.7 Å². The number of amides is 2. The number of nitrogens with zero attached hydrogens (tertiary/aromatic N) is 2. The summed E-state index contributed by atoms with van der Waals surface area (Å²) in [5.74, 6) is -2.51. The predicted octanol–water partition coefficient (Wildman–Crippen LogP) is 0.914. The molecule has 1 aliphatic rings. The number of nitrogens with one attached hydrogen (secondary N) is 2. The first-order valence-electron chi connectivity index (χ1n) is 11.7. The number of fused-ring (bicyclic) bond motifs is 1. The van der Waals surface area contributed by atoms with E-state index < -0.39 is 44.3 Å². The maximum absolute atomic E-state index is 12.9. The van der Waals surface area contributed by atoms with Crippen molar-refractivity contribution in [3.63, 3.8) is 0 Å². The van der Waals surface area contributed by atoms with Crippen molar-refractivity contribution >= 4 is 29.9 Å². The van der Waals surface area contributed by atoms with E-state index in [-0.39, 0.29) is 31.4 Å². The lowest BCUT2D eigenvalue weighted by atomic mass is 9.75. The Hall–Kier alpha value is -3.12. The van der Waals surface area contributed by atoms with Crippen molar-refractivity contribution < 1.29 is 42.0 Å². The highest BCUT2D eigenvalue weighted by atomic mass is 19.4. The molecule has 0 saturated carbocycles. The molecule has 0 bridgehead atoms. The molecular weight excluding hydrogens is 496 g/mol. The van der Waals surface area contributed by atoms with Crippen LogP contribution in [0.15, 0.2) is 34.9 Å². The minimum absolute atomic E-state index is 0.0261. The molecule has 0 aliphatic carbocycles. The molecule has 200 valence electrons. The van der Waals surface area contributed by atoms with E-state index in [2.05, 4.69) is 10.6 Å². The van der Waals surface area contributed by atoms with Gasteiger partial charge in [-0.3, -0.25) is 14.9 Å². The van der Waals surface area contributed by atoms with Gasteiger partial charge >= 0.3 is 13.3 Å². The highest BCUT2D eigenvalue weighted by Crippen LogP contribution is 2.22. The third-order valence-electron chi connectivity index (χ3n) is 6.08. The number of carbonyl (C=O) groups is 2. The van der Waals surface area contributed by atoms with Crippen LogP contribution >= 0.6 is 0 Å². The summed E-state index contributed by atoms with van der Waals surface area (Å²) < 4.78 is 49.5. The molecule has 2 heterocycles. The summed E-state index contributed by atoms with van der Waals surface area (Å²) >= 11 is 0. The lowest BCUT2D eigenvalue weighted by molar-refractivity contribution is -0.136. The molecule has 0 unspecified atom stereocenters. The minimum atomic E-state index is -4.60. The molecule has 0 spiro atoms. The normalized spacial score (nSPS) is 17.4. The summed E-state index contributed by atoms with van der Waals surface area (Å²) in [5.41, 5.74) is 1.13. The topological polar surface area (TPSA) is 148 Å². The molecule has 14 heteroatoms. The third-order valence-corrected chi connectivity index (χ3v) is 6.08. The second-order valence-corrected chi connectivity index (χ2v) is 8.79. The Balaban J connectivity index is 1.64. The van der Waals surface area contributed by atoms with Crippen LogP contribution in [0.4, 0.5) is 13.2 Å². The van der Waals surface area contributed by atoms with E-state index >= 15 is 0 Å². The predicted molar refractivity (Wildman–Crippen MR) is 126 cm³/mol. The summed E-state index contributed by atoms with van der Waals surface area (Å²) in [6.07, 6.45) is -2.23. The number of likely N-dealkylation sites (tertiary alicyclic amines) is 1. The van der Waals surface area contributed by atoms with E-state index in [0.29, 0.717) is 35.9 Å². The Morgan fingerprint density at radius 3 is 2.78 bits per heavy atom. The van der Waals surface area contributed by atoms with Crippen molar-refractivity contribution in [3.05, 3.63) is 36.1 Å². The summed E-state index contributed by atoms with van der Waals surface area (Å²) in [7, 11) is -2.00. The quantitative estimate of drug-likeness (QED) is 0.300. The lowest BCUT2D eigenvalue weighted by Gasteiger charge is -2.26. The number of carbonyl (C=O) groups excluding carboxylic acids is 2.